The van der Waals surface area contributed by atoms with Crippen LogP contribution in [-0.2, 0) is 4.74 Å². The monoisotopic (exact) mass is 249 g/mol. The number of halogens is 2. The van der Waals surface area contributed by atoms with Gasteiger partial charge in [-0.25, -0.2) is 8.78 Å². The molecule has 102 valence electrons. The Morgan fingerprint density at radius 3 is 2.65 bits per heavy atom. The van der Waals surface area contributed by atoms with E-state index in [4.69, 9.17) is 4.74 Å². The highest BCUT2D eigenvalue weighted by Crippen LogP contribution is 2.38. The van der Waals surface area contributed by atoms with Gasteiger partial charge in [0.25, 0.3) is 0 Å². The van der Waals surface area contributed by atoms with Crippen molar-refractivity contribution in [2.45, 2.75) is 63.5 Å². The van der Waals surface area contributed by atoms with Gasteiger partial charge in [0.15, 0.2) is 0 Å². The standard InChI is InChI=1S/C13H25F2NO/c1-4-12(17-3)11(16-2)8-10-6-5-7-13(14,15)9-10/h10-12,16H,4-9H2,1-3H3. The van der Waals surface area contributed by atoms with Crippen LogP contribution >= 0.6 is 0 Å². The molecule has 3 unspecified atom stereocenters. The Morgan fingerprint density at radius 1 is 1.47 bits per heavy atom. The maximum absolute atomic E-state index is 13.3. The average molecular weight is 249 g/mol. The minimum atomic E-state index is -2.45. The predicted octanol–water partition coefficient (Wildman–Crippen LogP) is 3.22. The largest absolute Gasteiger partial charge is 0.380 e. The zero-order valence-electron chi connectivity index (χ0n) is 11.1. The zero-order chi connectivity index (χ0) is 12.9. The molecule has 4 heteroatoms. The second-order valence-electron chi connectivity index (χ2n) is 5.13. The number of hydrogen-bond acceptors (Lipinski definition) is 2. The van der Waals surface area contributed by atoms with Crippen molar-refractivity contribution in [3.8, 4) is 0 Å². The summed E-state index contributed by atoms with van der Waals surface area (Å²) in [5, 5.41) is 3.21. The Morgan fingerprint density at radius 2 is 2.18 bits per heavy atom. The fourth-order valence-corrected chi connectivity index (χ4v) is 2.91. The Balaban J connectivity index is 2.50. The van der Waals surface area contributed by atoms with Gasteiger partial charge < -0.3 is 10.1 Å². The molecule has 0 aliphatic heterocycles. The van der Waals surface area contributed by atoms with Crippen molar-refractivity contribution in [3.05, 3.63) is 0 Å². The lowest BCUT2D eigenvalue weighted by atomic mass is 9.81. The zero-order valence-corrected chi connectivity index (χ0v) is 11.1. The van der Waals surface area contributed by atoms with Crippen LogP contribution in [0.25, 0.3) is 0 Å². The summed E-state index contributed by atoms with van der Waals surface area (Å²) in [6.45, 7) is 2.06. The third kappa shape index (κ3) is 4.51. The first-order valence-corrected chi connectivity index (χ1v) is 6.60. The first-order chi connectivity index (χ1) is 8.02. The molecule has 1 fully saturated rings. The molecule has 0 spiro atoms. The van der Waals surface area contributed by atoms with Gasteiger partial charge in [0.05, 0.1) is 6.10 Å². The second-order valence-corrected chi connectivity index (χ2v) is 5.13. The third-order valence-corrected chi connectivity index (χ3v) is 3.85. The van der Waals surface area contributed by atoms with Crippen molar-refractivity contribution in [2.24, 2.45) is 5.92 Å². The number of rotatable bonds is 6. The highest BCUT2D eigenvalue weighted by molar-refractivity contribution is 4.84. The topological polar surface area (TPSA) is 21.3 Å². The molecule has 0 amide bonds. The van der Waals surface area contributed by atoms with E-state index in [1.165, 1.54) is 0 Å². The SMILES string of the molecule is CCC(OC)C(CC1CCCC(F)(F)C1)NC. The molecule has 0 heterocycles. The number of methoxy groups -OCH3 is 1. The van der Waals surface area contributed by atoms with Gasteiger partial charge in [-0.3, -0.25) is 0 Å². The molecule has 1 saturated carbocycles. The maximum Gasteiger partial charge on any atom is 0.248 e. The van der Waals surface area contributed by atoms with E-state index >= 15 is 0 Å². The normalized spacial score (nSPS) is 27.7. The van der Waals surface area contributed by atoms with Crippen LogP contribution in [0, 0.1) is 5.92 Å². The van der Waals surface area contributed by atoms with Crippen molar-refractivity contribution in [1.29, 1.82) is 0 Å². The molecular formula is C13H25F2NO. The summed E-state index contributed by atoms with van der Waals surface area (Å²) in [6.07, 6.45) is 3.51. The van der Waals surface area contributed by atoms with E-state index < -0.39 is 5.92 Å². The predicted molar refractivity (Wildman–Crippen MR) is 65.5 cm³/mol. The van der Waals surface area contributed by atoms with Crippen LogP contribution in [0.4, 0.5) is 8.78 Å². The molecule has 17 heavy (non-hydrogen) atoms. The number of hydrogen-bond donors (Lipinski definition) is 1. The van der Waals surface area contributed by atoms with Gasteiger partial charge in [-0.2, -0.15) is 0 Å². The van der Waals surface area contributed by atoms with Gasteiger partial charge in [-0.15, -0.1) is 0 Å². The third-order valence-electron chi connectivity index (χ3n) is 3.85. The summed E-state index contributed by atoms with van der Waals surface area (Å²) in [5.74, 6) is -2.32. The average Bonchev–Trinajstić information content (AvgIpc) is 2.28. The van der Waals surface area contributed by atoms with Crippen LogP contribution in [0.2, 0.25) is 0 Å². The van der Waals surface area contributed by atoms with Crippen molar-refractivity contribution in [3.63, 3.8) is 0 Å². The Bertz CT molecular complexity index is 219. The molecule has 0 aromatic heterocycles. The van der Waals surface area contributed by atoms with Crippen LogP contribution < -0.4 is 5.32 Å². The molecule has 1 aliphatic carbocycles. The first kappa shape index (κ1) is 14.8. The van der Waals surface area contributed by atoms with Gasteiger partial charge in [-0.05, 0) is 38.6 Å². The van der Waals surface area contributed by atoms with E-state index in [0.29, 0.717) is 6.42 Å². The Hall–Kier alpha value is -0.220. The highest BCUT2D eigenvalue weighted by atomic mass is 19.3. The van der Waals surface area contributed by atoms with E-state index in [2.05, 4.69) is 12.2 Å². The first-order valence-electron chi connectivity index (χ1n) is 6.60. The second kappa shape index (κ2) is 6.64. The lowest BCUT2D eigenvalue weighted by molar-refractivity contribution is -0.0578. The minimum Gasteiger partial charge on any atom is -0.380 e. The van der Waals surface area contributed by atoms with E-state index in [9.17, 15) is 8.78 Å². The number of ether oxygens (including phenoxy) is 1. The molecule has 1 N–H and O–H groups in total. The molecule has 0 saturated heterocycles. The molecule has 0 bridgehead atoms. The Labute approximate surface area is 103 Å². The van der Waals surface area contributed by atoms with Gasteiger partial charge >= 0.3 is 0 Å². The van der Waals surface area contributed by atoms with Crippen LogP contribution in [0.1, 0.15) is 45.4 Å². The molecule has 2 nitrogen and oxygen atoms in total. The molecule has 1 rings (SSSR count). The highest BCUT2D eigenvalue weighted by Gasteiger charge is 2.37. The molecule has 0 aromatic rings. The lowest BCUT2D eigenvalue weighted by Gasteiger charge is -2.33. The fourth-order valence-electron chi connectivity index (χ4n) is 2.91. The lowest BCUT2D eigenvalue weighted by Crippen LogP contribution is -2.41. The van der Waals surface area contributed by atoms with Crippen molar-refractivity contribution in [1.82, 2.24) is 5.32 Å². The smallest absolute Gasteiger partial charge is 0.248 e. The summed E-state index contributed by atoms with van der Waals surface area (Å²) in [5.41, 5.74) is 0. The molecule has 3 atom stereocenters. The molecular weight excluding hydrogens is 224 g/mol. The van der Waals surface area contributed by atoms with Gasteiger partial charge in [-0.1, -0.05) is 6.92 Å². The summed E-state index contributed by atoms with van der Waals surface area (Å²) in [4.78, 5) is 0. The minimum absolute atomic E-state index is 0.0470. The molecule has 0 radical (unpaired) electrons. The van der Waals surface area contributed by atoms with Crippen LogP contribution in [-0.4, -0.2) is 32.2 Å². The number of nitrogens with one attached hydrogen (secondary N) is 1. The van der Waals surface area contributed by atoms with Crippen LogP contribution in [0.3, 0.4) is 0 Å². The van der Waals surface area contributed by atoms with Crippen molar-refractivity contribution >= 4 is 0 Å². The van der Waals surface area contributed by atoms with Crippen molar-refractivity contribution < 1.29 is 13.5 Å². The van der Waals surface area contributed by atoms with E-state index in [1.807, 2.05) is 7.05 Å². The van der Waals surface area contributed by atoms with Gasteiger partial charge in [0, 0.05) is 26.0 Å². The van der Waals surface area contributed by atoms with Crippen molar-refractivity contribution in [2.75, 3.05) is 14.2 Å². The molecule has 1 aliphatic rings. The number of likely N-dealkylation sites (N-methyl/N-ethyl adjacent to an activating group) is 1. The summed E-state index contributed by atoms with van der Waals surface area (Å²) < 4.78 is 32.0. The van der Waals surface area contributed by atoms with E-state index in [-0.39, 0.29) is 30.9 Å². The number of alkyl halides is 2. The van der Waals surface area contributed by atoms with Gasteiger partial charge in [0.2, 0.25) is 5.92 Å². The fraction of sp³-hybridized carbons (Fsp3) is 1.00. The molecule has 0 aromatic carbocycles. The summed E-state index contributed by atoms with van der Waals surface area (Å²) in [6, 6.07) is 0.184. The van der Waals surface area contributed by atoms with E-state index in [0.717, 1.165) is 19.3 Å². The quantitative estimate of drug-likeness (QED) is 0.780. The summed E-state index contributed by atoms with van der Waals surface area (Å²) in [7, 11) is 3.57. The van der Waals surface area contributed by atoms with E-state index in [1.54, 1.807) is 7.11 Å². The van der Waals surface area contributed by atoms with Gasteiger partial charge in [0.1, 0.15) is 0 Å². The maximum atomic E-state index is 13.3. The van der Waals surface area contributed by atoms with Crippen LogP contribution in [0.15, 0.2) is 0 Å². The Kier molecular flexibility index (Phi) is 5.80. The summed E-state index contributed by atoms with van der Waals surface area (Å²) >= 11 is 0. The van der Waals surface area contributed by atoms with Crippen LogP contribution in [0.5, 0.6) is 0 Å².